The molecule has 1 aromatic rings. The maximum Gasteiger partial charge on any atom is 0.408 e. The summed E-state index contributed by atoms with van der Waals surface area (Å²) in [6, 6.07) is 5.84. The molecule has 1 unspecified atom stereocenters. The lowest BCUT2D eigenvalue weighted by atomic mass is 10.2. The zero-order valence-corrected chi connectivity index (χ0v) is 11.9. The lowest BCUT2D eigenvalue weighted by molar-refractivity contribution is -0.384. The highest BCUT2D eigenvalue weighted by molar-refractivity contribution is 8.68. The molecule has 0 fully saturated rings. The summed E-state index contributed by atoms with van der Waals surface area (Å²) in [6.45, 7) is 1.99. The topological polar surface area (TPSA) is 81.5 Å². The van der Waals surface area contributed by atoms with Crippen molar-refractivity contribution in [1.29, 1.82) is 0 Å². The number of nitrogens with one attached hydrogen (secondary N) is 1. The zero-order valence-electron chi connectivity index (χ0n) is 10.2. The monoisotopic (exact) mass is 302 g/mol. The largest absolute Gasteiger partial charge is 0.445 e. The Labute approximate surface area is 119 Å². The second-order valence-electron chi connectivity index (χ2n) is 3.65. The van der Waals surface area contributed by atoms with E-state index in [1.54, 1.807) is 12.1 Å². The molecule has 0 saturated carbocycles. The molecule has 0 radical (unpaired) electrons. The number of alkyl carbamates (subject to hydrolysis) is 1. The Bertz CT molecular complexity index is 435. The molecule has 0 aliphatic heterocycles. The summed E-state index contributed by atoms with van der Waals surface area (Å²) in [5, 5.41) is 13.0. The summed E-state index contributed by atoms with van der Waals surface area (Å²) >= 11 is 4.02. The van der Waals surface area contributed by atoms with E-state index in [0.717, 1.165) is 6.42 Å². The molecule has 0 aromatic heterocycles. The van der Waals surface area contributed by atoms with Gasteiger partial charge in [-0.3, -0.25) is 10.1 Å². The Balaban J connectivity index is 2.43. The number of nitro benzene ring substituents is 1. The molecule has 8 heteroatoms. The molecule has 104 valence electrons. The molecule has 0 saturated heterocycles. The molecule has 1 aromatic carbocycles. The van der Waals surface area contributed by atoms with Gasteiger partial charge < -0.3 is 10.1 Å². The number of rotatable bonds is 6. The van der Waals surface area contributed by atoms with Crippen LogP contribution in [0, 0.1) is 10.1 Å². The van der Waals surface area contributed by atoms with Gasteiger partial charge in [0, 0.05) is 12.1 Å². The molecule has 1 N–H and O–H groups in total. The third kappa shape index (κ3) is 5.39. The average molecular weight is 302 g/mol. The number of thiol groups is 1. The predicted octanol–water partition coefficient (Wildman–Crippen LogP) is 3.14. The van der Waals surface area contributed by atoms with Gasteiger partial charge in [0.1, 0.15) is 6.61 Å². The predicted molar refractivity (Wildman–Crippen MR) is 77.1 cm³/mol. The van der Waals surface area contributed by atoms with Gasteiger partial charge in [0.25, 0.3) is 5.69 Å². The van der Waals surface area contributed by atoms with Crippen molar-refractivity contribution in [2.75, 3.05) is 0 Å². The maximum absolute atomic E-state index is 11.4. The van der Waals surface area contributed by atoms with E-state index in [1.807, 2.05) is 6.92 Å². The van der Waals surface area contributed by atoms with Crippen LogP contribution in [-0.2, 0) is 11.3 Å². The van der Waals surface area contributed by atoms with Gasteiger partial charge in [0.05, 0.1) is 10.3 Å². The van der Waals surface area contributed by atoms with Crippen molar-refractivity contribution in [2.24, 2.45) is 0 Å². The van der Waals surface area contributed by atoms with Crippen molar-refractivity contribution in [3.63, 3.8) is 0 Å². The maximum atomic E-state index is 11.4. The first kappa shape index (κ1) is 15.6. The van der Waals surface area contributed by atoms with Crippen molar-refractivity contribution in [3.8, 4) is 0 Å². The van der Waals surface area contributed by atoms with E-state index >= 15 is 0 Å². The zero-order chi connectivity index (χ0) is 14.3. The van der Waals surface area contributed by atoms with Crippen LogP contribution in [0.15, 0.2) is 24.3 Å². The SMILES string of the molecule is CCC(NC(=O)OCc1ccc([N+](=O)[O-])cc1)SS. The van der Waals surface area contributed by atoms with Crippen LogP contribution in [0.25, 0.3) is 0 Å². The Kier molecular flexibility index (Phi) is 6.51. The summed E-state index contributed by atoms with van der Waals surface area (Å²) in [5.41, 5.74) is 0.693. The number of carbonyl (C=O) groups excluding carboxylic acids is 1. The van der Waals surface area contributed by atoms with Crippen LogP contribution in [0.3, 0.4) is 0 Å². The number of nitro groups is 1. The normalized spacial score (nSPS) is 11.7. The Morgan fingerprint density at radius 3 is 2.63 bits per heavy atom. The number of amides is 1. The number of nitrogens with zero attached hydrogens (tertiary/aromatic N) is 1. The van der Waals surface area contributed by atoms with E-state index in [0.29, 0.717) is 5.56 Å². The average Bonchev–Trinajstić information content (AvgIpc) is 2.43. The third-order valence-electron chi connectivity index (χ3n) is 2.29. The van der Waals surface area contributed by atoms with Crippen LogP contribution in [0.5, 0.6) is 0 Å². The van der Waals surface area contributed by atoms with E-state index in [2.05, 4.69) is 17.0 Å². The molecule has 1 rings (SSSR count). The fourth-order valence-electron chi connectivity index (χ4n) is 1.24. The fourth-order valence-corrected chi connectivity index (χ4v) is 2.14. The molecular formula is C11H14N2O4S2. The molecule has 1 atom stereocenters. The Morgan fingerprint density at radius 1 is 1.53 bits per heavy atom. The van der Waals surface area contributed by atoms with Crippen LogP contribution in [0.4, 0.5) is 10.5 Å². The summed E-state index contributed by atoms with van der Waals surface area (Å²) < 4.78 is 5.00. The number of hydrogen-bond donors (Lipinski definition) is 2. The number of ether oxygens (including phenoxy) is 1. The number of hydrogen-bond acceptors (Lipinski definition) is 6. The standard InChI is InChI=1S/C11H14N2O4S2/c1-2-10(19-18)12-11(14)17-7-8-3-5-9(6-4-8)13(15)16/h3-6,10,18H,2,7H2,1H3,(H,12,14). The van der Waals surface area contributed by atoms with Gasteiger partial charge >= 0.3 is 6.09 Å². The quantitative estimate of drug-likeness (QED) is 0.277. The fraction of sp³-hybridized carbons (Fsp3) is 0.364. The van der Waals surface area contributed by atoms with E-state index in [1.165, 1.54) is 22.9 Å². The van der Waals surface area contributed by atoms with E-state index in [-0.39, 0.29) is 17.7 Å². The van der Waals surface area contributed by atoms with Crippen molar-refractivity contribution < 1.29 is 14.5 Å². The van der Waals surface area contributed by atoms with Gasteiger partial charge in [-0.25, -0.2) is 4.79 Å². The van der Waals surface area contributed by atoms with E-state index in [4.69, 9.17) is 4.74 Å². The smallest absolute Gasteiger partial charge is 0.408 e. The van der Waals surface area contributed by atoms with E-state index in [9.17, 15) is 14.9 Å². The van der Waals surface area contributed by atoms with Crippen LogP contribution < -0.4 is 5.32 Å². The van der Waals surface area contributed by atoms with Crippen molar-refractivity contribution >= 4 is 34.2 Å². The van der Waals surface area contributed by atoms with Gasteiger partial charge in [-0.1, -0.05) is 17.7 Å². The molecule has 1 amide bonds. The summed E-state index contributed by atoms with van der Waals surface area (Å²) in [4.78, 5) is 21.4. The van der Waals surface area contributed by atoms with Crippen LogP contribution in [0.1, 0.15) is 18.9 Å². The first-order valence-electron chi connectivity index (χ1n) is 5.53. The second-order valence-corrected chi connectivity index (χ2v) is 5.06. The number of carbonyl (C=O) groups is 1. The molecule has 6 nitrogen and oxygen atoms in total. The highest BCUT2D eigenvalue weighted by Crippen LogP contribution is 2.16. The van der Waals surface area contributed by atoms with Gasteiger partial charge in [-0.2, -0.15) is 0 Å². The summed E-state index contributed by atoms with van der Waals surface area (Å²) in [7, 11) is 1.23. The first-order valence-corrected chi connectivity index (χ1v) is 7.46. The van der Waals surface area contributed by atoms with Crippen LogP contribution >= 0.6 is 22.5 Å². The molecule has 19 heavy (non-hydrogen) atoms. The van der Waals surface area contributed by atoms with E-state index < -0.39 is 11.0 Å². The molecule has 0 heterocycles. The highest BCUT2D eigenvalue weighted by Gasteiger charge is 2.10. The van der Waals surface area contributed by atoms with Crippen LogP contribution in [-0.4, -0.2) is 16.4 Å². The molecule has 0 aliphatic carbocycles. The van der Waals surface area contributed by atoms with Crippen molar-refractivity contribution in [1.82, 2.24) is 5.32 Å². The Hall–Kier alpha value is -1.41. The molecule has 0 spiro atoms. The third-order valence-corrected chi connectivity index (χ3v) is 3.76. The van der Waals surface area contributed by atoms with Crippen molar-refractivity contribution in [2.45, 2.75) is 25.3 Å². The van der Waals surface area contributed by atoms with Gasteiger partial charge in [0.2, 0.25) is 0 Å². The van der Waals surface area contributed by atoms with Crippen molar-refractivity contribution in [3.05, 3.63) is 39.9 Å². The van der Waals surface area contributed by atoms with Gasteiger partial charge in [0.15, 0.2) is 0 Å². The molecule has 0 bridgehead atoms. The minimum absolute atomic E-state index is 0.00530. The summed E-state index contributed by atoms with van der Waals surface area (Å²) in [5.74, 6) is 0. The number of non-ortho nitro benzene ring substituents is 1. The Morgan fingerprint density at radius 2 is 2.16 bits per heavy atom. The minimum atomic E-state index is -0.535. The highest BCUT2D eigenvalue weighted by atomic mass is 33.1. The van der Waals surface area contributed by atoms with Gasteiger partial charge in [-0.05, 0) is 24.1 Å². The lowest BCUT2D eigenvalue weighted by Crippen LogP contribution is -2.31. The number of benzene rings is 1. The first-order chi connectivity index (χ1) is 9.06. The van der Waals surface area contributed by atoms with Crippen LogP contribution in [0.2, 0.25) is 0 Å². The molecule has 0 aliphatic rings. The van der Waals surface area contributed by atoms with Gasteiger partial charge in [-0.15, -0.1) is 11.7 Å². The minimum Gasteiger partial charge on any atom is -0.445 e. The summed E-state index contributed by atoms with van der Waals surface area (Å²) in [6.07, 6.45) is 0.201. The lowest BCUT2D eigenvalue weighted by Gasteiger charge is -2.13. The molecular weight excluding hydrogens is 288 g/mol. The second kappa shape index (κ2) is 7.90.